The van der Waals surface area contributed by atoms with E-state index in [4.69, 9.17) is 19.2 Å². The van der Waals surface area contributed by atoms with Gasteiger partial charge in [0.2, 0.25) is 0 Å². The maximum Gasteiger partial charge on any atom is 0.118 e. The second-order valence-corrected chi connectivity index (χ2v) is 5.32. The van der Waals surface area contributed by atoms with Gasteiger partial charge in [-0.25, -0.2) is 9.78 Å². The van der Waals surface area contributed by atoms with Gasteiger partial charge in [0, 0.05) is 7.11 Å². The molecular formula is C19H24O4. The SMILES string of the molecule is COC(COCc1ccccc1)[C@H](C)OOCc1ccccc1. The first-order valence-corrected chi connectivity index (χ1v) is 7.76. The summed E-state index contributed by atoms with van der Waals surface area (Å²) in [5.74, 6) is 0. The van der Waals surface area contributed by atoms with E-state index < -0.39 is 0 Å². The lowest BCUT2D eigenvalue weighted by Crippen LogP contribution is -2.32. The molecule has 2 aromatic rings. The molecule has 23 heavy (non-hydrogen) atoms. The van der Waals surface area contributed by atoms with E-state index in [-0.39, 0.29) is 12.2 Å². The topological polar surface area (TPSA) is 36.9 Å². The molecule has 0 spiro atoms. The fraction of sp³-hybridized carbons (Fsp3) is 0.368. The van der Waals surface area contributed by atoms with E-state index in [1.807, 2.05) is 67.6 Å². The predicted octanol–water partition coefficient (Wildman–Crippen LogP) is 3.76. The maximum absolute atomic E-state index is 5.70. The van der Waals surface area contributed by atoms with Gasteiger partial charge in [0.25, 0.3) is 0 Å². The van der Waals surface area contributed by atoms with Crippen molar-refractivity contribution in [1.29, 1.82) is 0 Å². The van der Waals surface area contributed by atoms with Crippen molar-refractivity contribution in [2.75, 3.05) is 13.7 Å². The molecule has 0 aliphatic rings. The van der Waals surface area contributed by atoms with E-state index in [9.17, 15) is 0 Å². The summed E-state index contributed by atoms with van der Waals surface area (Å²) in [4.78, 5) is 10.7. The Bertz CT molecular complexity index is 530. The quantitative estimate of drug-likeness (QED) is 0.494. The summed E-state index contributed by atoms with van der Waals surface area (Å²) in [6.07, 6.45) is -0.408. The van der Waals surface area contributed by atoms with Crippen LogP contribution in [0.25, 0.3) is 0 Å². The average Bonchev–Trinajstić information content (AvgIpc) is 2.60. The predicted molar refractivity (Wildman–Crippen MR) is 88.7 cm³/mol. The second kappa shape index (κ2) is 10.1. The van der Waals surface area contributed by atoms with E-state index in [2.05, 4.69) is 0 Å². The van der Waals surface area contributed by atoms with Crippen LogP contribution in [0, 0.1) is 0 Å². The molecule has 0 saturated heterocycles. The minimum Gasteiger partial charge on any atom is -0.376 e. The van der Waals surface area contributed by atoms with Crippen LogP contribution >= 0.6 is 0 Å². The van der Waals surface area contributed by atoms with Crippen molar-refractivity contribution in [2.24, 2.45) is 0 Å². The van der Waals surface area contributed by atoms with Gasteiger partial charge in [0.05, 0.1) is 13.2 Å². The highest BCUT2D eigenvalue weighted by molar-refractivity contribution is 5.14. The number of methoxy groups -OCH3 is 1. The van der Waals surface area contributed by atoms with Gasteiger partial charge in [-0.05, 0) is 18.1 Å². The molecule has 2 aromatic carbocycles. The Morgan fingerprint density at radius 2 is 1.39 bits per heavy atom. The molecule has 0 aliphatic carbocycles. The van der Waals surface area contributed by atoms with Crippen molar-refractivity contribution in [3.63, 3.8) is 0 Å². The highest BCUT2D eigenvalue weighted by Crippen LogP contribution is 2.09. The van der Waals surface area contributed by atoms with Gasteiger partial charge < -0.3 is 9.47 Å². The molecule has 2 rings (SSSR count). The zero-order chi connectivity index (χ0) is 16.3. The molecule has 2 atom stereocenters. The van der Waals surface area contributed by atoms with Crippen molar-refractivity contribution in [3.05, 3.63) is 71.8 Å². The molecule has 0 heterocycles. The highest BCUT2D eigenvalue weighted by Gasteiger charge is 2.19. The van der Waals surface area contributed by atoms with Crippen LogP contribution in [0.5, 0.6) is 0 Å². The van der Waals surface area contributed by atoms with Gasteiger partial charge in [-0.3, -0.25) is 0 Å². The summed E-state index contributed by atoms with van der Waals surface area (Å²) in [6, 6.07) is 19.9. The lowest BCUT2D eigenvalue weighted by atomic mass is 10.2. The minimum atomic E-state index is -0.223. The fourth-order valence-electron chi connectivity index (χ4n) is 2.11. The third-order valence-corrected chi connectivity index (χ3v) is 3.51. The van der Waals surface area contributed by atoms with Crippen LogP contribution in [0.1, 0.15) is 18.1 Å². The third kappa shape index (κ3) is 6.50. The number of ether oxygens (including phenoxy) is 2. The number of benzene rings is 2. The first-order chi connectivity index (χ1) is 11.3. The van der Waals surface area contributed by atoms with Gasteiger partial charge in [-0.15, -0.1) is 0 Å². The summed E-state index contributed by atoms with van der Waals surface area (Å²) >= 11 is 0. The first kappa shape index (κ1) is 17.6. The average molecular weight is 316 g/mol. The van der Waals surface area contributed by atoms with Gasteiger partial charge in [0.15, 0.2) is 0 Å². The molecule has 4 nitrogen and oxygen atoms in total. The smallest absolute Gasteiger partial charge is 0.118 e. The Balaban J connectivity index is 1.67. The van der Waals surface area contributed by atoms with E-state index >= 15 is 0 Å². The molecule has 124 valence electrons. The van der Waals surface area contributed by atoms with Crippen molar-refractivity contribution >= 4 is 0 Å². The minimum absolute atomic E-state index is 0.186. The zero-order valence-corrected chi connectivity index (χ0v) is 13.7. The van der Waals surface area contributed by atoms with E-state index in [0.29, 0.717) is 19.8 Å². The number of hydrogen-bond donors (Lipinski definition) is 0. The lowest BCUT2D eigenvalue weighted by Gasteiger charge is -2.21. The molecule has 1 unspecified atom stereocenters. The lowest BCUT2D eigenvalue weighted by molar-refractivity contribution is -0.345. The number of rotatable bonds is 10. The Labute approximate surface area is 137 Å². The largest absolute Gasteiger partial charge is 0.376 e. The Kier molecular flexibility index (Phi) is 7.77. The van der Waals surface area contributed by atoms with Crippen LogP contribution < -0.4 is 0 Å². The molecule has 0 aromatic heterocycles. The normalized spacial score (nSPS) is 13.7. The van der Waals surface area contributed by atoms with Crippen LogP contribution in [0.15, 0.2) is 60.7 Å². The monoisotopic (exact) mass is 316 g/mol. The van der Waals surface area contributed by atoms with Crippen LogP contribution in [0.4, 0.5) is 0 Å². The first-order valence-electron chi connectivity index (χ1n) is 7.76. The highest BCUT2D eigenvalue weighted by atomic mass is 17.2. The van der Waals surface area contributed by atoms with E-state index in [1.165, 1.54) is 0 Å². The Morgan fingerprint density at radius 3 is 1.96 bits per heavy atom. The van der Waals surface area contributed by atoms with Gasteiger partial charge in [0.1, 0.15) is 18.8 Å². The van der Waals surface area contributed by atoms with Crippen molar-refractivity contribution < 1.29 is 19.2 Å². The molecule has 4 heteroatoms. The van der Waals surface area contributed by atoms with Crippen molar-refractivity contribution in [1.82, 2.24) is 0 Å². The third-order valence-electron chi connectivity index (χ3n) is 3.51. The second-order valence-electron chi connectivity index (χ2n) is 5.32. The van der Waals surface area contributed by atoms with E-state index in [0.717, 1.165) is 11.1 Å². The molecule has 0 saturated carbocycles. The molecular weight excluding hydrogens is 292 g/mol. The summed E-state index contributed by atoms with van der Waals surface area (Å²) in [6.45, 7) is 3.32. The Morgan fingerprint density at radius 1 is 0.826 bits per heavy atom. The molecule has 0 amide bonds. The van der Waals surface area contributed by atoms with Crippen LogP contribution in [-0.2, 0) is 32.5 Å². The van der Waals surface area contributed by atoms with Crippen LogP contribution in [-0.4, -0.2) is 25.9 Å². The van der Waals surface area contributed by atoms with Crippen molar-refractivity contribution in [3.8, 4) is 0 Å². The van der Waals surface area contributed by atoms with Crippen LogP contribution in [0.3, 0.4) is 0 Å². The molecule has 0 aliphatic heterocycles. The number of hydrogen-bond acceptors (Lipinski definition) is 4. The standard InChI is InChI=1S/C19H24O4/c1-16(23-22-14-18-11-7-4-8-12-18)19(20-2)15-21-13-17-9-5-3-6-10-17/h3-12,16,19H,13-15H2,1-2H3/t16-,19?/m0/s1. The van der Waals surface area contributed by atoms with Gasteiger partial charge >= 0.3 is 0 Å². The summed E-state index contributed by atoms with van der Waals surface area (Å²) < 4.78 is 11.1. The molecule has 0 radical (unpaired) electrons. The molecule has 0 bridgehead atoms. The summed E-state index contributed by atoms with van der Waals surface area (Å²) in [7, 11) is 1.65. The summed E-state index contributed by atoms with van der Waals surface area (Å²) in [5.41, 5.74) is 2.20. The van der Waals surface area contributed by atoms with Crippen LogP contribution in [0.2, 0.25) is 0 Å². The van der Waals surface area contributed by atoms with Gasteiger partial charge in [-0.1, -0.05) is 60.7 Å². The maximum atomic E-state index is 5.70. The summed E-state index contributed by atoms with van der Waals surface area (Å²) in [5, 5.41) is 0. The molecule has 0 N–H and O–H groups in total. The zero-order valence-electron chi connectivity index (χ0n) is 13.7. The Hall–Kier alpha value is -1.72. The molecule has 0 fully saturated rings. The van der Waals surface area contributed by atoms with E-state index in [1.54, 1.807) is 7.11 Å². The van der Waals surface area contributed by atoms with Gasteiger partial charge in [-0.2, -0.15) is 0 Å². The fourth-order valence-corrected chi connectivity index (χ4v) is 2.11. The van der Waals surface area contributed by atoms with Crippen molar-refractivity contribution in [2.45, 2.75) is 32.3 Å².